The summed E-state index contributed by atoms with van der Waals surface area (Å²) in [7, 11) is 0. The lowest BCUT2D eigenvalue weighted by atomic mass is 10.8. The topological polar surface area (TPSA) is 9.23 Å². The molecule has 0 N–H and O–H groups in total. The molecule has 0 aromatic rings. The maximum absolute atomic E-state index is 4.83. The highest BCUT2D eigenvalue weighted by Gasteiger charge is 1.64. The van der Waals surface area contributed by atoms with E-state index in [1.807, 2.05) is 13.8 Å². The van der Waals surface area contributed by atoms with Gasteiger partial charge in [-0.2, -0.15) is 0 Å². The van der Waals surface area contributed by atoms with Crippen LogP contribution in [0.25, 0.3) is 0 Å². The van der Waals surface area contributed by atoms with Crippen LogP contribution in [0, 0.1) is 0 Å². The average molecular weight is 256 g/mol. The third-order valence-electron chi connectivity index (χ3n) is 0.408. The van der Waals surface area contributed by atoms with Crippen LogP contribution in [0.3, 0.4) is 0 Å². The van der Waals surface area contributed by atoms with Crippen molar-refractivity contribution in [3.8, 4) is 0 Å². The molecular formula is C6H17IMgO. The number of hydrogen-bond donors (Lipinski definition) is 0. The highest BCUT2D eigenvalue weighted by Crippen LogP contribution is 1.69. The molecule has 0 aliphatic carbocycles. The first-order valence-corrected chi connectivity index (χ1v) is 4.49. The number of hydrogen-bond acceptors (Lipinski definition) is 1. The van der Waals surface area contributed by atoms with E-state index in [0.29, 0.717) is 0 Å². The molecule has 0 bridgehead atoms. The van der Waals surface area contributed by atoms with Crippen molar-refractivity contribution in [3.63, 3.8) is 0 Å². The van der Waals surface area contributed by atoms with Gasteiger partial charge in [0.05, 0.1) is 0 Å². The summed E-state index contributed by atoms with van der Waals surface area (Å²) in [5, 5.41) is 0. The monoisotopic (exact) mass is 256 g/mol. The van der Waals surface area contributed by atoms with Gasteiger partial charge in [-0.25, -0.2) is 0 Å². The Kier molecular flexibility index (Phi) is 42.4. The molecule has 0 spiro atoms. The summed E-state index contributed by atoms with van der Waals surface area (Å²) in [6.45, 7) is 7.78. The van der Waals surface area contributed by atoms with Gasteiger partial charge in [0, 0.05) is 13.2 Å². The highest BCUT2D eigenvalue weighted by molar-refractivity contribution is 14.1. The quantitative estimate of drug-likeness (QED) is 0.414. The molecule has 0 aromatic heterocycles. The molecule has 0 radical (unpaired) electrons. The Hall–Kier alpha value is 1.46. The summed E-state index contributed by atoms with van der Waals surface area (Å²) in [6, 6.07) is 0. The van der Waals surface area contributed by atoms with Crippen LogP contribution in [0.5, 0.6) is 0 Å². The third kappa shape index (κ3) is 44.0. The van der Waals surface area contributed by atoms with Crippen molar-refractivity contribution in [1.82, 2.24) is 0 Å². The first kappa shape index (κ1) is 16.8. The molecule has 0 saturated heterocycles. The summed E-state index contributed by atoms with van der Waals surface area (Å²) in [5.41, 5.74) is 0. The number of halogens is 1. The second-order valence-electron chi connectivity index (χ2n) is 1.05. The summed E-state index contributed by atoms with van der Waals surface area (Å²) < 4.78 is 6.05. The van der Waals surface area contributed by atoms with Crippen molar-refractivity contribution < 1.29 is 4.74 Å². The van der Waals surface area contributed by atoms with Crippen molar-refractivity contribution in [2.45, 2.75) is 20.8 Å². The number of rotatable bonds is 2. The van der Waals surface area contributed by atoms with Gasteiger partial charge in [-0.1, -0.05) is 29.5 Å². The minimum atomic E-state index is 0. The zero-order valence-electron chi connectivity index (χ0n) is 5.91. The van der Waals surface area contributed by atoms with E-state index >= 15 is 0 Å². The summed E-state index contributed by atoms with van der Waals surface area (Å²) >= 11 is 2.29. The minimum absolute atomic E-state index is 0. The van der Waals surface area contributed by atoms with Gasteiger partial charge in [0.25, 0.3) is 0 Å². The minimum Gasteiger partial charge on any atom is -0.382 e. The molecular weight excluding hydrogens is 239 g/mol. The second-order valence-corrected chi connectivity index (χ2v) is 2.57. The summed E-state index contributed by atoms with van der Waals surface area (Å²) in [4.78, 5) is 0. The van der Waals surface area contributed by atoms with Crippen LogP contribution >= 0.6 is 22.6 Å². The molecule has 0 fully saturated rings. The van der Waals surface area contributed by atoms with Crippen LogP contribution in [-0.4, -0.2) is 40.7 Å². The van der Waals surface area contributed by atoms with Gasteiger partial charge in [0.1, 0.15) is 0 Å². The molecule has 9 heavy (non-hydrogen) atoms. The molecule has 1 nitrogen and oxygen atoms in total. The maximum Gasteiger partial charge on any atom is 0.316 e. The molecule has 56 valence electrons. The molecule has 0 amide bonds. The zero-order valence-corrected chi connectivity index (χ0v) is 8.07. The van der Waals surface area contributed by atoms with E-state index in [1.54, 1.807) is 0 Å². The van der Waals surface area contributed by atoms with Crippen LogP contribution < -0.4 is 0 Å². The second kappa shape index (κ2) is 22.7. The molecule has 0 atom stereocenters. The fraction of sp³-hybridized carbons (Fsp3) is 1.00. The first-order chi connectivity index (χ1) is 3.83. The molecule has 0 heterocycles. The molecule has 0 aromatic carbocycles. The van der Waals surface area contributed by atoms with E-state index in [4.69, 9.17) is 4.74 Å². The molecule has 0 unspecified atom stereocenters. The van der Waals surface area contributed by atoms with Crippen molar-refractivity contribution in [3.05, 3.63) is 0 Å². The normalized spacial score (nSPS) is 6.67. The molecule has 0 aliphatic rings. The van der Waals surface area contributed by atoms with Crippen LogP contribution in [0.4, 0.5) is 0 Å². The van der Waals surface area contributed by atoms with E-state index in [0.717, 1.165) is 13.2 Å². The number of alkyl halides is 1. The Balaban J connectivity index is -0.0000000800. The SMILES string of the molecule is CCI.CCOCC.[MgH2]. The van der Waals surface area contributed by atoms with Crippen molar-refractivity contribution >= 4 is 45.6 Å². The highest BCUT2D eigenvalue weighted by atomic mass is 127. The number of ether oxygens (including phenoxy) is 1. The van der Waals surface area contributed by atoms with Gasteiger partial charge in [-0.15, -0.1) is 0 Å². The summed E-state index contributed by atoms with van der Waals surface area (Å²) in [5.74, 6) is 0. The Morgan fingerprint density at radius 2 is 1.33 bits per heavy atom. The van der Waals surface area contributed by atoms with Gasteiger partial charge < -0.3 is 4.74 Å². The van der Waals surface area contributed by atoms with Crippen molar-refractivity contribution in [1.29, 1.82) is 0 Å². The van der Waals surface area contributed by atoms with E-state index < -0.39 is 0 Å². The van der Waals surface area contributed by atoms with Crippen LogP contribution in [0.15, 0.2) is 0 Å². The van der Waals surface area contributed by atoms with E-state index in [1.165, 1.54) is 4.43 Å². The maximum atomic E-state index is 4.83. The van der Waals surface area contributed by atoms with Gasteiger partial charge >= 0.3 is 23.1 Å². The molecule has 0 aliphatic heterocycles. The van der Waals surface area contributed by atoms with Gasteiger partial charge in [0.15, 0.2) is 0 Å². The predicted molar refractivity (Wildman–Crippen MR) is 55.3 cm³/mol. The standard InChI is InChI=1S/C4H10O.C2H5I.Mg.2H/c1-3-5-4-2;1-2-3;;;/h3-4H2,1-2H3;2H2,1H3;;;. The Morgan fingerprint density at radius 1 is 1.11 bits per heavy atom. The average Bonchev–Trinajstić information content (AvgIpc) is 1.71. The predicted octanol–water partition coefficient (Wildman–Crippen LogP) is 1.57. The van der Waals surface area contributed by atoms with E-state index in [2.05, 4.69) is 29.5 Å². The lowest BCUT2D eigenvalue weighted by Gasteiger charge is -1.86. The Labute approximate surface area is 88.2 Å². The lowest BCUT2D eigenvalue weighted by Crippen LogP contribution is -1.84. The smallest absolute Gasteiger partial charge is 0.316 e. The first-order valence-electron chi connectivity index (χ1n) is 2.97. The third-order valence-corrected chi connectivity index (χ3v) is 0.408. The van der Waals surface area contributed by atoms with Crippen LogP contribution in [-0.2, 0) is 4.74 Å². The molecule has 0 saturated carbocycles. The van der Waals surface area contributed by atoms with Gasteiger partial charge in [-0.05, 0) is 18.3 Å². The fourth-order valence-corrected chi connectivity index (χ4v) is 0.204. The Morgan fingerprint density at radius 3 is 1.33 bits per heavy atom. The largest absolute Gasteiger partial charge is 0.382 e. The molecule has 0 rings (SSSR count). The van der Waals surface area contributed by atoms with Gasteiger partial charge in [-0.3, -0.25) is 0 Å². The Bertz CT molecular complexity index is 27.0. The van der Waals surface area contributed by atoms with E-state index in [-0.39, 0.29) is 23.1 Å². The lowest BCUT2D eigenvalue weighted by molar-refractivity contribution is 0.162. The van der Waals surface area contributed by atoms with E-state index in [9.17, 15) is 0 Å². The molecule has 3 heteroatoms. The van der Waals surface area contributed by atoms with Crippen LogP contribution in [0.2, 0.25) is 0 Å². The van der Waals surface area contributed by atoms with Crippen molar-refractivity contribution in [2.75, 3.05) is 17.6 Å². The fourth-order valence-electron chi connectivity index (χ4n) is 0.204. The summed E-state index contributed by atoms with van der Waals surface area (Å²) in [6.07, 6.45) is 0. The van der Waals surface area contributed by atoms with Gasteiger partial charge in [0.2, 0.25) is 0 Å². The zero-order chi connectivity index (χ0) is 6.83. The van der Waals surface area contributed by atoms with Crippen molar-refractivity contribution in [2.24, 2.45) is 0 Å². The van der Waals surface area contributed by atoms with Crippen LogP contribution in [0.1, 0.15) is 20.8 Å².